The Kier molecular flexibility index (Phi) is 3.39. The van der Waals surface area contributed by atoms with Crippen LogP contribution in [0.2, 0.25) is 0 Å². The molecule has 0 spiro atoms. The van der Waals surface area contributed by atoms with Crippen molar-refractivity contribution in [3.63, 3.8) is 0 Å². The molecule has 2 aliphatic rings. The Bertz CT molecular complexity index is 409. The third-order valence-electron chi connectivity index (χ3n) is 3.96. The summed E-state index contributed by atoms with van der Waals surface area (Å²) in [6.45, 7) is 2.04. The van der Waals surface area contributed by atoms with E-state index < -0.39 is 0 Å². The first kappa shape index (κ1) is 11.8. The zero-order valence-electron chi connectivity index (χ0n) is 10.7. The Morgan fingerprint density at radius 1 is 1.06 bits per heavy atom. The molecule has 0 unspecified atom stereocenters. The van der Waals surface area contributed by atoms with Crippen molar-refractivity contribution < 1.29 is 9.13 Å². The van der Waals surface area contributed by atoms with Gasteiger partial charge in [0.25, 0.3) is 0 Å². The molecule has 0 bridgehead atoms. The van der Waals surface area contributed by atoms with Gasteiger partial charge in [-0.15, -0.1) is 0 Å². The number of benzene rings is 1. The van der Waals surface area contributed by atoms with Gasteiger partial charge in [-0.05, 0) is 50.7 Å². The summed E-state index contributed by atoms with van der Waals surface area (Å²) in [5.74, 6) is 0.695. The SMILES string of the molecule is Fc1ccc(OC2CCCC2)c(N2CCCC2)c1. The molecule has 1 saturated carbocycles. The number of halogens is 1. The van der Waals surface area contributed by atoms with Crippen molar-refractivity contribution in [1.82, 2.24) is 0 Å². The van der Waals surface area contributed by atoms with Crippen molar-refractivity contribution in [2.24, 2.45) is 0 Å². The highest BCUT2D eigenvalue weighted by molar-refractivity contribution is 5.59. The second-order valence-electron chi connectivity index (χ2n) is 5.33. The number of anilines is 1. The van der Waals surface area contributed by atoms with Gasteiger partial charge >= 0.3 is 0 Å². The Morgan fingerprint density at radius 3 is 2.50 bits per heavy atom. The highest BCUT2D eigenvalue weighted by atomic mass is 19.1. The topological polar surface area (TPSA) is 12.5 Å². The average Bonchev–Trinajstić information content (AvgIpc) is 3.04. The van der Waals surface area contributed by atoms with E-state index in [0.29, 0.717) is 6.10 Å². The van der Waals surface area contributed by atoms with E-state index in [-0.39, 0.29) is 5.82 Å². The Hall–Kier alpha value is -1.25. The van der Waals surface area contributed by atoms with Gasteiger partial charge in [0.1, 0.15) is 11.6 Å². The van der Waals surface area contributed by atoms with E-state index >= 15 is 0 Å². The number of ether oxygens (including phenoxy) is 1. The van der Waals surface area contributed by atoms with Crippen LogP contribution in [0.4, 0.5) is 10.1 Å². The molecule has 2 fully saturated rings. The van der Waals surface area contributed by atoms with Crippen molar-refractivity contribution in [3.8, 4) is 5.75 Å². The van der Waals surface area contributed by atoms with E-state index in [0.717, 1.165) is 37.4 Å². The highest BCUT2D eigenvalue weighted by Gasteiger charge is 2.21. The lowest BCUT2D eigenvalue weighted by Crippen LogP contribution is -2.20. The first-order valence-corrected chi connectivity index (χ1v) is 7.04. The minimum absolute atomic E-state index is 0.171. The van der Waals surface area contributed by atoms with E-state index in [4.69, 9.17) is 4.74 Å². The molecule has 1 aliphatic heterocycles. The molecule has 0 atom stereocenters. The van der Waals surface area contributed by atoms with Gasteiger partial charge in [0.2, 0.25) is 0 Å². The van der Waals surface area contributed by atoms with Gasteiger partial charge in [-0.3, -0.25) is 0 Å². The molecule has 3 rings (SSSR count). The van der Waals surface area contributed by atoms with Crippen molar-refractivity contribution in [2.75, 3.05) is 18.0 Å². The van der Waals surface area contributed by atoms with Gasteiger partial charge in [-0.1, -0.05) is 0 Å². The van der Waals surface area contributed by atoms with Gasteiger partial charge in [-0.2, -0.15) is 0 Å². The zero-order chi connectivity index (χ0) is 12.4. The van der Waals surface area contributed by atoms with Crippen LogP contribution >= 0.6 is 0 Å². The lowest BCUT2D eigenvalue weighted by molar-refractivity contribution is 0.210. The molecule has 1 aromatic carbocycles. The fraction of sp³-hybridized carbons (Fsp3) is 0.600. The van der Waals surface area contributed by atoms with E-state index in [1.54, 1.807) is 12.1 Å². The van der Waals surface area contributed by atoms with Crippen molar-refractivity contribution in [1.29, 1.82) is 0 Å². The maximum absolute atomic E-state index is 13.4. The van der Waals surface area contributed by atoms with Crippen LogP contribution in [0.3, 0.4) is 0 Å². The van der Waals surface area contributed by atoms with Crippen molar-refractivity contribution >= 4 is 5.69 Å². The molecule has 0 aromatic heterocycles. The largest absolute Gasteiger partial charge is 0.488 e. The van der Waals surface area contributed by atoms with Crippen LogP contribution in [0.1, 0.15) is 38.5 Å². The third kappa shape index (κ3) is 2.45. The summed E-state index contributed by atoms with van der Waals surface area (Å²) in [5.41, 5.74) is 0.944. The predicted molar refractivity (Wildman–Crippen MR) is 70.7 cm³/mol. The maximum Gasteiger partial charge on any atom is 0.143 e. The van der Waals surface area contributed by atoms with Crippen LogP contribution in [0.15, 0.2) is 18.2 Å². The summed E-state index contributed by atoms with van der Waals surface area (Å²) >= 11 is 0. The van der Waals surface area contributed by atoms with E-state index in [2.05, 4.69) is 4.90 Å². The van der Waals surface area contributed by atoms with Crippen LogP contribution < -0.4 is 9.64 Å². The number of hydrogen-bond donors (Lipinski definition) is 0. The van der Waals surface area contributed by atoms with Crippen LogP contribution in [-0.2, 0) is 0 Å². The minimum atomic E-state index is -0.171. The fourth-order valence-corrected chi connectivity index (χ4v) is 2.98. The average molecular weight is 249 g/mol. The van der Waals surface area contributed by atoms with Crippen LogP contribution in [0.25, 0.3) is 0 Å². The molecule has 1 saturated heterocycles. The lowest BCUT2D eigenvalue weighted by atomic mass is 10.2. The smallest absolute Gasteiger partial charge is 0.143 e. The summed E-state index contributed by atoms with van der Waals surface area (Å²) in [7, 11) is 0. The first-order valence-electron chi connectivity index (χ1n) is 7.04. The quantitative estimate of drug-likeness (QED) is 0.809. The van der Waals surface area contributed by atoms with E-state index in [9.17, 15) is 4.39 Å². The van der Waals surface area contributed by atoms with Gasteiger partial charge in [0.05, 0.1) is 11.8 Å². The molecular weight excluding hydrogens is 229 g/mol. The van der Waals surface area contributed by atoms with Crippen LogP contribution in [0.5, 0.6) is 5.75 Å². The summed E-state index contributed by atoms with van der Waals surface area (Å²) in [6, 6.07) is 4.92. The summed E-state index contributed by atoms with van der Waals surface area (Å²) in [4.78, 5) is 2.24. The summed E-state index contributed by atoms with van der Waals surface area (Å²) < 4.78 is 19.5. The van der Waals surface area contributed by atoms with E-state index in [1.807, 2.05) is 0 Å². The molecule has 0 amide bonds. The second-order valence-corrected chi connectivity index (χ2v) is 5.33. The monoisotopic (exact) mass is 249 g/mol. The zero-order valence-corrected chi connectivity index (χ0v) is 10.7. The highest BCUT2D eigenvalue weighted by Crippen LogP contribution is 2.34. The summed E-state index contributed by atoms with van der Waals surface area (Å²) in [6.07, 6.45) is 7.50. The number of rotatable bonds is 3. The normalized spacial score (nSPS) is 20.6. The van der Waals surface area contributed by atoms with Crippen LogP contribution in [0, 0.1) is 5.82 Å². The molecule has 98 valence electrons. The molecular formula is C15H20FNO. The number of nitrogens with zero attached hydrogens (tertiary/aromatic N) is 1. The number of hydrogen-bond acceptors (Lipinski definition) is 2. The molecule has 0 N–H and O–H groups in total. The van der Waals surface area contributed by atoms with Crippen molar-refractivity contribution in [3.05, 3.63) is 24.0 Å². The fourth-order valence-electron chi connectivity index (χ4n) is 2.98. The third-order valence-corrected chi connectivity index (χ3v) is 3.96. The van der Waals surface area contributed by atoms with Gasteiger partial charge in [0.15, 0.2) is 0 Å². The summed E-state index contributed by atoms with van der Waals surface area (Å²) in [5, 5.41) is 0. The lowest BCUT2D eigenvalue weighted by Gasteiger charge is -2.23. The molecule has 1 aliphatic carbocycles. The molecule has 3 heteroatoms. The standard InChI is InChI=1S/C15H20FNO/c16-12-7-8-15(18-13-5-1-2-6-13)14(11-12)17-9-3-4-10-17/h7-8,11,13H,1-6,9-10H2. The maximum atomic E-state index is 13.4. The van der Waals surface area contributed by atoms with Gasteiger partial charge < -0.3 is 9.64 Å². The second kappa shape index (κ2) is 5.17. The first-order chi connectivity index (χ1) is 8.83. The van der Waals surface area contributed by atoms with Crippen molar-refractivity contribution in [2.45, 2.75) is 44.6 Å². The predicted octanol–water partition coefficient (Wildman–Crippen LogP) is 3.75. The Labute approximate surface area is 108 Å². The van der Waals surface area contributed by atoms with E-state index in [1.165, 1.54) is 31.7 Å². The van der Waals surface area contributed by atoms with Gasteiger partial charge in [0, 0.05) is 19.2 Å². The molecule has 1 aromatic rings. The molecule has 18 heavy (non-hydrogen) atoms. The Balaban J connectivity index is 1.82. The van der Waals surface area contributed by atoms with Crippen LogP contribution in [-0.4, -0.2) is 19.2 Å². The Morgan fingerprint density at radius 2 is 1.78 bits per heavy atom. The molecule has 2 nitrogen and oxygen atoms in total. The molecule has 0 radical (unpaired) electrons. The molecule has 1 heterocycles. The van der Waals surface area contributed by atoms with Gasteiger partial charge in [-0.25, -0.2) is 4.39 Å². The minimum Gasteiger partial charge on any atom is -0.488 e.